The highest BCUT2D eigenvalue weighted by atomic mass is 32.1. The topological polar surface area (TPSA) is 118 Å². The maximum absolute atomic E-state index is 15.1. The van der Waals surface area contributed by atoms with Crippen molar-refractivity contribution in [3.05, 3.63) is 94.0 Å². The Morgan fingerprint density at radius 2 is 1.84 bits per heavy atom. The van der Waals surface area contributed by atoms with E-state index in [1.54, 1.807) is 13.0 Å². The average Bonchev–Trinajstić information content (AvgIpc) is 3.78. The van der Waals surface area contributed by atoms with Crippen molar-refractivity contribution in [1.29, 1.82) is 0 Å². The van der Waals surface area contributed by atoms with Crippen LogP contribution in [0.15, 0.2) is 65.7 Å². The molecule has 0 bridgehead atoms. The van der Waals surface area contributed by atoms with Gasteiger partial charge in [0.05, 0.1) is 18.9 Å². The number of hydrogen-bond donors (Lipinski definition) is 2. The number of carbonyl (C=O) groups is 1. The highest BCUT2D eigenvalue weighted by Gasteiger charge is 2.34. The summed E-state index contributed by atoms with van der Waals surface area (Å²) in [7, 11) is 1.12. The predicted molar refractivity (Wildman–Crippen MR) is 175 cm³/mol. The molecule has 13 heteroatoms. The molecule has 1 fully saturated rings. The number of benzene rings is 2. The molecule has 45 heavy (non-hydrogen) atoms. The molecule has 5 rings (SSSR count). The fourth-order valence-electron chi connectivity index (χ4n) is 4.84. The van der Waals surface area contributed by atoms with E-state index < -0.39 is 23.1 Å². The molecule has 3 N–H and O–H groups in total. The zero-order valence-electron chi connectivity index (χ0n) is 25.1. The van der Waals surface area contributed by atoms with Crippen LogP contribution < -0.4 is 30.8 Å². The normalized spacial score (nSPS) is 15.9. The molecule has 3 atom stereocenters. The maximum atomic E-state index is 15.1. The number of ether oxygens (including phenoxy) is 3. The molecule has 0 spiro atoms. The van der Waals surface area contributed by atoms with Gasteiger partial charge in [0, 0.05) is 41.2 Å². The van der Waals surface area contributed by atoms with Crippen molar-refractivity contribution in [1.82, 2.24) is 9.55 Å². The van der Waals surface area contributed by atoms with Crippen LogP contribution in [0.1, 0.15) is 43.1 Å². The maximum Gasteiger partial charge on any atom is 0.271 e. The van der Waals surface area contributed by atoms with Crippen LogP contribution in [-0.4, -0.2) is 40.2 Å². The molecule has 2 aromatic heterocycles. The van der Waals surface area contributed by atoms with Gasteiger partial charge in [0.2, 0.25) is 0 Å². The van der Waals surface area contributed by atoms with E-state index in [1.165, 1.54) is 59.5 Å². The van der Waals surface area contributed by atoms with E-state index in [0.717, 1.165) is 20.8 Å². The second-order valence-corrected chi connectivity index (χ2v) is 16.2. The number of hydrogen-bond acceptors (Lipinski definition) is 7. The number of nitrogens with two attached hydrogens (primary N) is 1. The minimum Gasteiger partial charge on any atom is -0.493 e. The standard InChI is InChI=1S/C32H34F2N4O5P2/c1-4-21-24(11-14-36-30(21)35)43-25-10-7-19(17-23(25)34)37-31(39)29-26(41-5-2)12-15-38(32(29)40)20-8-9-22(33)27(18-20)42-16-13-28-44-45(28)6-3/h7-12,14-15,17-18,28,44H,4-6,13,16H2,1-3H3,(H2,35,36)(H,37,39). The average molecular weight is 655 g/mol. The quantitative estimate of drug-likeness (QED) is 0.145. The Bertz CT molecular complexity index is 1770. The second kappa shape index (κ2) is 14.4. The number of nitrogens with zero attached hydrogens (tertiary/aromatic N) is 2. The lowest BCUT2D eigenvalue weighted by Crippen LogP contribution is -2.29. The van der Waals surface area contributed by atoms with Gasteiger partial charge in [-0.15, -0.1) is 0 Å². The molecule has 1 aliphatic rings. The third-order valence-corrected chi connectivity index (χ3v) is 13.6. The van der Waals surface area contributed by atoms with Crippen LogP contribution in [0.3, 0.4) is 0 Å². The van der Waals surface area contributed by atoms with E-state index in [0.29, 0.717) is 41.2 Å². The minimum atomic E-state index is -0.808. The highest BCUT2D eigenvalue weighted by Crippen LogP contribution is 2.83. The monoisotopic (exact) mass is 654 g/mol. The molecule has 2 aromatic carbocycles. The van der Waals surface area contributed by atoms with Crippen LogP contribution in [-0.2, 0) is 6.42 Å². The fraction of sp³-hybridized carbons (Fsp3) is 0.281. The largest absolute Gasteiger partial charge is 0.493 e. The molecule has 1 amide bonds. The summed E-state index contributed by atoms with van der Waals surface area (Å²) >= 11 is 0. The van der Waals surface area contributed by atoms with Gasteiger partial charge in [-0.3, -0.25) is 14.2 Å². The number of pyridine rings is 2. The van der Waals surface area contributed by atoms with Gasteiger partial charge in [-0.2, -0.15) is 0 Å². The van der Waals surface area contributed by atoms with Gasteiger partial charge in [-0.25, -0.2) is 13.8 Å². The Labute approximate surface area is 262 Å². The first kappa shape index (κ1) is 32.3. The lowest BCUT2D eigenvalue weighted by molar-refractivity contribution is 0.102. The van der Waals surface area contributed by atoms with E-state index >= 15 is 4.39 Å². The number of halogens is 2. The highest BCUT2D eigenvalue weighted by molar-refractivity contribution is 8.38. The summed E-state index contributed by atoms with van der Waals surface area (Å²) in [5, 5.41) is 3.27. The number of amides is 1. The van der Waals surface area contributed by atoms with E-state index in [-0.39, 0.29) is 42.7 Å². The van der Waals surface area contributed by atoms with E-state index in [1.807, 2.05) is 6.92 Å². The summed E-state index contributed by atoms with van der Waals surface area (Å²) in [6.45, 7) is 6.37. The molecule has 1 aliphatic heterocycles. The zero-order valence-corrected chi connectivity index (χ0v) is 27.0. The molecule has 4 aromatic rings. The van der Waals surface area contributed by atoms with Gasteiger partial charge in [0.15, 0.2) is 23.1 Å². The Morgan fingerprint density at radius 3 is 2.56 bits per heavy atom. The van der Waals surface area contributed by atoms with Crippen molar-refractivity contribution >= 4 is 33.3 Å². The Kier molecular flexibility index (Phi) is 10.3. The number of nitrogen functional groups attached to an aromatic ring is 1. The molecule has 0 saturated carbocycles. The Hall–Kier alpha value is -4.07. The first-order valence-corrected chi connectivity index (χ1v) is 18.1. The third-order valence-electron chi connectivity index (χ3n) is 7.20. The number of nitrogens with one attached hydrogen (secondary N) is 1. The fourth-order valence-corrected chi connectivity index (χ4v) is 10.0. The summed E-state index contributed by atoms with van der Waals surface area (Å²) in [6.07, 6.45) is 5.53. The molecular weight excluding hydrogens is 620 g/mol. The lowest BCUT2D eigenvalue weighted by atomic mass is 10.2. The van der Waals surface area contributed by atoms with Gasteiger partial charge < -0.3 is 25.3 Å². The Morgan fingerprint density at radius 1 is 1.02 bits per heavy atom. The molecule has 236 valence electrons. The summed E-state index contributed by atoms with van der Waals surface area (Å²) in [5.41, 5.74) is 5.96. The van der Waals surface area contributed by atoms with Crippen molar-refractivity contribution in [3.8, 4) is 28.7 Å². The first-order chi connectivity index (χ1) is 21.7. The van der Waals surface area contributed by atoms with Crippen molar-refractivity contribution in [3.63, 3.8) is 0 Å². The Balaban J connectivity index is 1.37. The second-order valence-electron chi connectivity index (χ2n) is 10.1. The van der Waals surface area contributed by atoms with Crippen LogP contribution in [0.5, 0.6) is 23.0 Å². The zero-order chi connectivity index (χ0) is 32.1. The third kappa shape index (κ3) is 7.43. The van der Waals surface area contributed by atoms with Crippen LogP contribution in [0.25, 0.3) is 5.69 Å². The molecule has 0 radical (unpaired) electrons. The minimum absolute atomic E-state index is 0.0300. The number of anilines is 2. The van der Waals surface area contributed by atoms with Crippen LogP contribution in [0, 0.1) is 11.6 Å². The van der Waals surface area contributed by atoms with Crippen molar-refractivity contribution in [2.24, 2.45) is 0 Å². The number of carbonyl (C=O) groups excluding carboxylic acids is 1. The molecule has 3 heterocycles. The molecular formula is C32H34F2N4O5P2. The van der Waals surface area contributed by atoms with Crippen molar-refractivity contribution in [2.45, 2.75) is 39.0 Å². The van der Waals surface area contributed by atoms with Gasteiger partial charge in [0.1, 0.15) is 22.9 Å². The number of rotatable bonds is 13. The molecule has 1 saturated heterocycles. The van der Waals surface area contributed by atoms with Gasteiger partial charge in [-0.1, -0.05) is 29.7 Å². The van der Waals surface area contributed by atoms with Gasteiger partial charge in [-0.05, 0) is 62.3 Å². The lowest BCUT2D eigenvalue weighted by Gasteiger charge is -2.15. The van der Waals surface area contributed by atoms with Crippen LogP contribution in [0.2, 0.25) is 0 Å². The van der Waals surface area contributed by atoms with Crippen LogP contribution >= 0.6 is 15.9 Å². The predicted octanol–water partition coefficient (Wildman–Crippen LogP) is 7.30. The van der Waals surface area contributed by atoms with E-state index in [2.05, 4.69) is 17.2 Å². The summed E-state index contributed by atoms with van der Waals surface area (Å²) in [5.74, 6) is -1.43. The van der Waals surface area contributed by atoms with Crippen LogP contribution in [0.4, 0.5) is 20.3 Å². The van der Waals surface area contributed by atoms with Crippen molar-refractivity contribution < 1.29 is 27.8 Å². The summed E-state index contributed by atoms with van der Waals surface area (Å²) in [4.78, 5) is 31.1. The van der Waals surface area contributed by atoms with Gasteiger partial charge >= 0.3 is 0 Å². The molecule has 0 aliphatic carbocycles. The molecule has 3 unspecified atom stereocenters. The van der Waals surface area contributed by atoms with E-state index in [4.69, 9.17) is 19.9 Å². The van der Waals surface area contributed by atoms with Crippen molar-refractivity contribution in [2.75, 3.05) is 30.4 Å². The number of aromatic nitrogens is 2. The SMILES string of the molecule is CCOc1ccn(-c2ccc(F)c(OCCC3PP3CC)c2)c(=O)c1C(=O)Nc1ccc(Oc2ccnc(N)c2CC)c(F)c1. The summed E-state index contributed by atoms with van der Waals surface area (Å²) in [6, 6.07) is 11.1. The smallest absolute Gasteiger partial charge is 0.271 e. The van der Waals surface area contributed by atoms with Gasteiger partial charge in [0.25, 0.3) is 11.5 Å². The van der Waals surface area contributed by atoms with E-state index in [9.17, 15) is 14.0 Å². The first-order valence-electron chi connectivity index (χ1n) is 14.6. The molecule has 9 nitrogen and oxygen atoms in total. The summed E-state index contributed by atoms with van der Waals surface area (Å²) < 4.78 is 47.9.